The van der Waals surface area contributed by atoms with E-state index in [0.717, 1.165) is 92.7 Å². The van der Waals surface area contributed by atoms with Gasteiger partial charge in [0.1, 0.15) is 54.7 Å². The van der Waals surface area contributed by atoms with E-state index in [0.29, 0.717) is 116 Å². The van der Waals surface area contributed by atoms with Crippen LogP contribution in [0.15, 0.2) is 236 Å². The van der Waals surface area contributed by atoms with Crippen molar-refractivity contribution in [2.24, 2.45) is 0 Å². The Morgan fingerprint density at radius 1 is 0.354 bits per heavy atom. The predicted octanol–water partition coefficient (Wildman–Crippen LogP) is 17.0. The second-order valence-electron chi connectivity index (χ2n) is 33.7. The number of carbonyl (C=O) groups is 2. The number of hydrogen-bond donors (Lipinski definition) is 2. The molecule has 53 heteroatoms. The quantitative estimate of drug-likeness (QED) is 0.0289. The van der Waals surface area contributed by atoms with Crippen LogP contribution >= 0.6 is 105 Å². The zero-order valence-electron chi connectivity index (χ0n) is 80.3. The van der Waals surface area contributed by atoms with Gasteiger partial charge in [0.15, 0.2) is 0 Å². The number of aryl methyl sites for hydroxylation is 4. The lowest BCUT2D eigenvalue weighted by molar-refractivity contribution is -0.385. The van der Waals surface area contributed by atoms with Crippen molar-refractivity contribution in [3.63, 3.8) is 0 Å². The number of benzene rings is 10. The normalized spacial score (nSPS) is 16.7. The van der Waals surface area contributed by atoms with Gasteiger partial charge in [-0.1, -0.05) is 129 Å². The number of piperazine rings is 3. The molecule has 5 fully saturated rings. The minimum Gasteiger partial charge on any atom is -0.468 e. The van der Waals surface area contributed by atoms with Gasteiger partial charge < -0.3 is 44.3 Å². The molecule has 2 N–H and O–H groups in total. The molecule has 2 atom stereocenters. The number of methoxy groups -OCH3 is 2. The lowest BCUT2D eigenvalue weighted by atomic mass is 10.1. The van der Waals surface area contributed by atoms with E-state index in [9.17, 15) is 97.4 Å². The van der Waals surface area contributed by atoms with Crippen LogP contribution in [-0.2, 0) is 69.2 Å². The van der Waals surface area contributed by atoms with Gasteiger partial charge in [-0.2, -0.15) is 26.8 Å². The summed E-state index contributed by atoms with van der Waals surface area (Å²) in [7, 11) is -11.8. The number of nitro benzene ring substituents is 4. The number of ether oxygens (including phenoxy) is 4. The van der Waals surface area contributed by atoms with Crippen LogP contribution in [0.1, 0.15) is 40.7 Å². The molecule has 0 aliphatic carbocycles. The van der Waals surface area contributed by atoms with E-state index in [4.69, 9.17) is 88.6 Å². The van der Waals surface area contributed by atoms with Crippen LogP contribution in [0.4, 0.5) is 22.7 Å². The number of hydrogen-bond acceptors (Lipinski definition) is 33. The molecule has 786 valence electrons. The smallest absolute Gasteiger partial charge is 0.324 e. The van der Waals surface area contributed by atoms with E-state index in [1.807, 2.05) is 96.2 Å². The van der Waals surface area contributed by atoms with Crippen molar-refractivity contribution in [1.29, 1.82) is 5.26 Å². The first-order valence-electron chi connectivity index (χ1n) is 44.7. The SMILES string of the molecule is CN1CCN(S(=O)(=O)c2cc([N+](=O)[O-])ccc2Oc2cc(Cl)ccc2Cl)CC1.COC(=O)C1CN(S(=O)(=O)c2cc(C#N)ccc2Sc2cc(Cl)ccc2Cl)CCN1.COC(=O)C1CN(S(=O)(=O)c2cc([N+](=O)[O-])ccc2Sc2cc(Cl)ccc2Cl)CCN1.Cc1ccc(C)c(Oc2ccc([N+](=O)[O-])cc2S(=O)(=O)N2CCCN(C)CC2)c1.Cc1ccc(C)c(Sc2ccc([N+](=O)[O-])cc2S(=O)(=O)N2CCCN(C)CC2)c1. The Hall–Kier alpha value is -10.0. The monoisotopic (exact) mass is 2290 g/mol. The summed E-state index contributed by atoms with van der Waals surface area (Å²) in [4.78, 5) is 74.9. The maximum Gasteiger partial charge on any atom is 0.324 e. The van der Waals surface area contributed by atoms with Crippen molar-refractivity contribution < 1.29 is 90.3 Å². The first kappa shape index (κ1) is 117. The van der Waals surface area contributed by atoms with Crippen molar-refractivity contribution in [3.8, 4) is 29.1 Å². The van der Waals surface area contributed by atoms with Gasteiger partial charge in [-0.3, -0.25) is 50.0 Å². The van der Waals surface area contributed by atoms with Crippen LogP contribution in [0.2, 0.25) is 30.1 Å². The molecule has 0 radical (unpaired) electrons. The van der Waals surface area contributed by atoms with E-state index in [2.05, 4.69) is 20.4 Å². The van der Waals surface area contributed by atoms with Gasteiger partial charge in [0.05, 0.1) is 65.5 Å². The van der Waals surface area contributed by atoms with Gasteiger partial charge in [0.2, 0.25) is 50.1 Å². The number of nitrogens with one attached hydrogen (secondary N) is 2. The number of esters is 2. The van der Waals surface area contributed by atoms with Crippen LogP contribution in [0, 0.1) is 79.5 Å². The summed E-state index contributed by atoms with van der Waals surface area (Å²) in [6.45, 7) is 14.2. The summed E-state index contributed by atoms with van der Waals surface area (Å²) < 4.78 is 161. The largest absolute Gasteiger partial charge is 0.468 e. The molecule has 15 rings (SSSR count). The molecule has 2 unspecified atom stereocenters. The molecule has 0 bridgehead atoms. The third-order valence-corrected chi connectivity index (χ3v) is 38.6. The number of halogens is 6. The predicted molar refractivity (Wildman–Crippen MR) is 560 cm³/mol. The van der Waals surface area contributed by atoms with E-state index in [1.54, 1.807) is 54.6 Å². The van der Waals surface area contributed by atoms with Gasteiger partial charge in [-0.05, 0) is 200 Å². The third-order valence-electron chi connectivity index (χ3n) is 23.2. The molecule has 10 aromatic carbocycles. The molecule has 0 saturated carbocycles. The van der Waals surface area contributed by atoms with Gasteiger partial charge in [-0.15, -0.1) is 0 Å². The third kappa shape index (κ3) is 30.7. The molecule has 10 aromatic rings. The number of carbonyl (C=O) groups excluding carboxylic acids is 2. The average molecular weight is 2290 g/mol. The average Bonchev–Trinajstić information content (AvgIpc) is 0.899. The molecule has 5 aliphatic rings. The zero-order chi connectivity index (χ0) is 107. The van der Waals surface area contributed by atoms with Gasteiger partial charge in [0, 0.05) is 204 Å². The lowest BCUT2D eigenvalue weighted by Crippen LogP contribution is -2.55. The molecule has 5 heterocycles. The Labute approximate surface area is 893 Å². The van der Waals surface area contributed by atoms with Gasteiger partial charge in [-0.25, -0.2) is 42.1 Å². The summed E-state index contributed by atoms with van der Waals surface area (Å²) in [6, 6.07) is 45.4. The zero-order valence-corrected chi connectivity index (χ0v) is 91.3. The molecule has 5 aliphatic heterocycles. The lowest BCUT2D eigenvalue weighted by Gasteiger charge is -2.31. The Kier molecular flexibility index (Phi) is 41.6. The topological polar surface area (TPSA) is 488 Å². The maximum atomic E-state index is 13.5. The fourth-order valence-corrected chi connectivity index (χ4v) is 28.3. The van der Waals surface area contributed by atoms with Crippen molar-refractivity contribution >= 4 is 190 Å². The number of non-ortho nitro benzene ring substituents is 4. The highest BCUT2D eigenvalue weighted by molar-refractivity contribution is 8.01. The van der Waals surface area contributed by atoms with Gasteiger partial charge >= 0.3 is 11.9 Å². The fourth-order valence-electron chi connectivity index (χ4n) is 15.1. The van der Waals surface area contributed by atoms with E-state index < -0.39 is 93.8 Å². The Morgan fingerprint density at radius 2 is 0.694 bits per heavy atom. The molecular weight excluding hydrogens is 2190 g/mol. The standard InChI is InChI=1S/C20H25N3O5S.C20H25N3O4S2.C19H17Cl2N3O4S2.C18H17Cl2N3O6S2.C17H17Cl2N3O5S/c2*1-15-5-6-16(2)19(13-15)28-18-8-7-17(23(24)25)14-20(18)29(26,27)22-10-4-9-21(3)11-12-22;1-28-19(25)15-11-24(7-6-23-15)30(26,27)18-8-12(10-22)2-5-16(18)29-17-9-13(20)3-4-14(17)21;1-29-18(24)14-10-22(7-6-21-14)31(27,28)17-9-12(23(25)26)3-5-15(17)30-16-8-11(19)2-4-13(16)20;1-20-6-8-21(9-7-20)28(25,26)17-11-13(22(23)24)3-5-15(17)27-16-10-12(18)2-4-14(16)19/h2*5-8,13-14H,4,9-12H2,1-3H3;2-5,8-9,15,23H,6-7,11H2,1H3;2-5,8-9,14,21H,6-7,10H2,1H3;2-5,10-11H,6-9H2,1H3. The number of nitrogens with zero attached hydrogens (tertiary/aromatic N) is 13. The summed E-state index contributed by atoms with van der Waals surface area (Å²) in [5.74, 6) is -0.445. The Balaban J connectivity index is 0.000000175. The van der Waals surface area contributed by atoms with E-state index in [1.165, 1.54) is 116 Å². The molecule has 39 nitrogen and oxygen atoms in total. The molecule has 0 amide bonds. The molecule has 0 spiro atoms. The van der Waals surface area contributed by atoms with Crippen LogP contribution in [-0.4, -0.2) is 275 Å². The van der Waals surface area contributed by atoms with Crippen molar-refractivity contribution in [2.45, 2.75) is 106 Å². The number of sulfonamides is 5. The van der Waals surface area contributed by atoms with Gasteiger partial charge in [0.25, 0.3) is 22.7 Å². The first-order chi connectivity index (χ1) is 69.4. The number of nitriles is 1. The second-order valence-corrected chi connectivity index (χ2v) is 49.0. The second kappa shape index (κ2) is 52.1. The van der Waals surface area contributed by atoms with E-state index in [-0.39, 0.29) is 126 Å². The summed E-state index contributed by atoms with van der Waals surface area (Å²) in [6.07, 6.45) is 1.42. The first-order valence-corrected chi connectivity index (χ1v) is 56.6. The fraction of sp³-hybridized carbons (Fsp3) is 0.330. The van der Waals surface area contributed by atoms with Crippen molar-refractivity contribution in [1.82, 2.24) is 46.9 Å². The Bertz CT molecular complexity index is 7110. The highest BCUT2D eigenvalue weighted by atomic mass is 35.5. The molecule has 5 saturated heterocycles. The highest BCUT2D eigenvalue weighted by Gasteiger charge is 2.41. The summed E-state index contributed by atoms with van der Waals surface area (Å²) in [5.41, 5.74) is 2.87. The summed E-state index contributed by atoms with van der Waals surface area (Å²) >= 11 is 40.1. The van der Waals surface area contributed by atoms with Crippen LogP contribution in [0.5, 0.6) is 23.0 Å². The number of nitro groups is 4. The number of rotatable bonds is 26. The molecule has 0 aromatic heterocycles. The minimum atomic E-state index is -4.18. The molecular formula is C94H101Cl6N15O24S8. The van der Waals surface area contributed by atoms with Crippen molar-refractivity contribution in [2.75, 3.05) is 153 Å². The van der Waals surface area contributed by atoms with Crippen LogP contribution < -0.4 is 20.1 Å². The minimum absolute atomic E-state index is 0.00200. The molecule has 147 heavy (non-hydrogen) atoms. The van der Waals surface area contributed by atoms with Crippen LogP contribution in [0.3, 0.4) is 0 Å². The highest BCUT2D eigenvalue weighted by Crippen LogP contribution is 2.46. The Morgan fingerprint density at radius 3 is 1.11 bits per heavy atom. The van der Waals surface area contributed by atoms with E-state index >= 15 is 0 Å². The maximum absolute atomic E-state index is 13.5. The van der Waals surface area contributed by atoms with Crippen molar-refractivity contribution in [3.05, 3.63) is 280 Å². The van der Waals surface area contributed by atoms with Crippen LogP contribution in [0.25, 0.3) is 0 Å². The number of likely N-dealkylation sites (N-methyl/N-ethyl adjacent to an activating group) is 3. The summed E-state index contributed by atoms with van der Waals surface area (Å²) in [5, 5.41) is 62.4.